The molecule has 1 saturated heterocycles. The summed E-state index contributed by atoms with van der Waals surface area (Å²) in [5.74, 6) is -0.950. The number of rotatable bonds is 4. The number of aromatic nitrogens is 1. The monoisotopic (exact) mass is 412 g/mol. The number of aryl methyl sites for hydroxylation is 1. The van der Waals surface area contributed by atoms with Crippen LogP contribution in [0.2, 0.25) is 0 Å². The molecular formula is C21H24N4O3S. The van der Waals surface area contributed by atoms with Crippen molar-refractivity contribution in [2.75, 3.05) is 26.2 Å². The van der Waals surface area contributed by atoms with Gasteiger partial charge in [-0.25, -0.2) is 4.98 Å². The van der Waals surface area contributed by atoms with Crippen molar-refractivity contribution in [2.45, 2.75) is 32.9 Å². The number of hydrogen-bond acceptors (Lipinski definition) is 6. The smallest absolute Gasteiger partial charge is 0.262 e. The molecule has 1 aromatic carbocycles. The number of imide groups is 1. The van der Waals surface area contributed by atoms with E-state index in [1.165, 1.54) is 0 Å². The number of thiazole rings is 1. The minimum absolute atomic E-state index is 0.175. The average Bonchev–Trinajstić information content (AvgIpc) is 3.13. The molecule has 0 saturated carbocycles. The quantitative estimate of drug-likeness (QED) is 0.720. The molecule has 4 rings (SSSR count). The lowest BCUT2D eigenvalue weighted by Crippen LogP contribution is -2.50. The summed E-state index contributed by atoms with van der Waals surface area (Å²) in [6.07, 6.45) is 0.851. The van der Waals surface area contributed by atoms with E-state index in [0.717, 1.165) is 41.7 Å². The van der Waals surface area contributed by atoms with E-state index in [0.29, 0.717) is 24.2 Å². The lowest BCUT2D eigenvalue weighted by Gasteiger charge is -2.28. The number of carbonyl (C=O) groups excluding carboxylic acids is 3. The van der Waals surface area contributed by atoms with Gasteiger partial charge in [0.1, 0.15) is 6.04 Å². The van der Waals surface area contributed by atoms with Crippen LogP contribution in [0.15, 0.2) is 29.6 Å². The largest absolute Gasteiger partial charge is 0.340 e. The van der Waals surface area contributed by atoms with Crippen molar-refractivity contribution in [1.29, 1.82) is 0 Å². The van der Waals surface area contributed by atoms with Crippen molar-refractivity contribution < 1.29 is 14.4 Å². The van der Waals surface area contributed by atoms with Gasteiger partial charge >= 0.3 is 0 Å². The summed E-state index contributed by atoms with van der Waals surface area (Å²) in [4.78, 5) is 48.2. The Morgan fingerprint density at radius 3 is 2.41 bits per heavy atom. The molecular weight excluding hydrogens is 388 g/mol. The molecule has 1 atom stereocenters. The van der Waals surface area contributed by atoms with Gasteiger partial charge in [0.05, 0.1) is 21.8 Å². The van der Waals surface area contributed by atoms with Gasteiger partial charge in [0, 0.05) is 38.1 Å². The number of fused-ring (bicyclic) bond motifs is 1. The van der Waals surface area contributed by atoms with Crippen molar-refractivity contribution in [2.24, 2.45) is 0 Å². The lowest BCUT2D eigenvalue weighted by atomic mass is 10.1. The van der Waals surface area contributed by atoms with E-state index in [1.807, 2.05) is 6.92 Å². The zero-order valence-electron chi connectivity index (χ0n) is 16.6. The van der Waals surface area contributed by atoms with Crippen molar-refractivity contribution >= 4 is 29.1 Å². The van der Waals surface area contributed by atoms with Crippen molar-refractivity contribution in [1.82, 2.24) is 19.7 Å². The molecule has 152 valence electrons. The number of carbonyl (C=O) groups is 3. The predicted octanol–water partition coefficient (Wildman–Crippen LogP) is 2.17. The molecule has 1 unspecified atom stereocenters. The maximum Gasteiger partial charge on any atom is 0.262 e. The molecule has 2 aliphatic heterocycles. The van der Waals surface area contributed by atoms with Crippen LogP contribution in [0.4, 0.5) is 0 Å². The Kier molecular flexibility index (Phi) is 5.47. The summed E-state index contributed by atoms with van der Waals surface area (Å²) in [6, 6.07) is 5.92. The molecule has 0 bridgehead atoms. The minimum atomic E-state index is -0.810. The number of hydrogen-bond donors (Lipinski definition) is 0. The highest BCUT2D eigenvalue weighted by molar-refractivity contribution is 7.09. The zero-order valence-corrected chi connectivity index (χ0v) is 17.4. The second-order valence-corrected chi connectivity index (χ2v) is 8.58. The standard InChI is InChI=1S/C21H24N4O3S/c1-14(25-20(27)17-6-3-4-7-18(17)21(25)28)19(26)24-9-5-8-23(10-11-24)12-16-13-29-15(2)22-16/h3-4,6-7,13-14H,5,8-12H2,1-2H3. The van der Waals surface area contributed by atoms with Gasteiger partial charge in [0.2, 0.25) is 5.91 Å². The van der Waals surface area contributed by atoms with Crippen molar-refractivity contribution in [3.05, 3.63) is 51.5 Å². The molecule has 7 nitrogen and oxygen atoms in total. The van der Waals surface area contributed by atoms with E-state index in [1.54, 1.807) is 47.4 Å². The van der Waals surface area contributed by atoms with Crippen LogP contribution in [0.25, 0.3) is 0 Å². The van der Waals surface area contributed by atoms with Gasteiger partial charge in [-0.15, -0.1) is 11.3 Å². The van der Waals surface area contributed by atoms with Crippen LogP contribution in [-0.4, -0.2) is 69.6 Å². The second kappa shape index (κ2) is 8.04. The van der Waals surface area contributed by atoms with E-state index in [2.05, 4.69) is 15.3 Å². The molecule has 0 N–H and O–H groups in total. The highest BCUT2D eigenvalue weighted by atomic mass is 32.1. The normalized spacial score (nSPS) is 18.7. The molecule has 2 aliphatic rings. The number of nitrogens with zero attached hydrogens (tertiary/aromatic N) is 4. The molecule has 1 aromatic heterocycles. The summed E-state index contributed by atoms with van der Waals surface area (Å²) in [5.41, 5.74) is 1.81. The Labute approximate surface area is 173 Å². The maximum atomic E-state index is 13.1. The fraction of sp³-hybridized carbons (Fsp3) is 0.429. The van der Waals surface area contributed by atoms with Gasteiger partial charge in [-0.1, -0.05) is 12.1 Å². The zero-order chi connectivity index (χ0) is 20.5. The van der Waals surface area contributed by atoms with E-state index in [4.69, 9.17) is 0 Å². The summed E-state index contributed by atoms with van der Waals surface area (Å²) in [5, 5.41) is 3.13. The van der Waals surface area contributed by atoms with E-state index < -0.39 is 6.04 Å². The highest BCUT2D eigenvalue weighted by Gasteiger charge is 2.41. The van der Waals surface area contributed by atoms with Crippen molar-refractivity contribution in [3.63, 3.8) is 0 Å². The van der Waals surface area contributed by atoms with Crippen LogP contribution in [-0.2, 0) is 11.3 Å². The summed E-state index contributed by atoms with van der Waals surface area (Å²) >= 11 is 1.65. The molecule has 3 amide bonds. The van der Waals surface area contributed by atoms with Gasteiger partial charge < -0.3 is 4.90 Å². The Bertz CT molecular complexity index is 922. The minimum Gasteiger partial charge on any atom is -0.340 e. The van der Waals surface area contributed by atoms with Crippen LogP contribution in [0, 0.1) is 6.92 Å². The van der Waals surface area contributed by atoms with Gasteiger partial charge in [0.25, 0.3) is 11.8 Å². The van der Waals surface area contributed by atoms with Gasteiger partial charge in [-0.3, -0.25) is 24.2 Å². The fourth-order valence-electron chi connectivity index (χ4n) is 3.99. The van der Waals surface area contributed by atoms with E-state index >= 15 is 0 Å². The Morgan fingerprint density at radius 2 is 1.79 bits per heavy atom. The third kappa shape index (κ3) is 3.82. The average molecular weight is 413 g/mol. The first-order chi connectivity index (χ1) is 14.0. The van der Waals surface area contributed by atoms with Crippen LogP contribution in [0.3, 0.4) is 0 Å². The fourth-order valence-corrected chi connectivity index (χ4v) is 4.60. The van der Waals surface area contributed by atoms with Gasteiger partial charge in [0.15, 0.2) is 0 Å². The summed E-state index contributed by atoms with van der Waals surface area (Å²) in [6.45, 7) is 7.26. The van der Waals surface area contributed by atoms with Crippen LogP contribution >= 0.6 is 11.3 Å². The Balaban J connectivity index is 1.41. The molecule has 0 spiro atoms. The Hall–Kier alpha value is -2.58. The first-order valence-electron chi connectivity index (χ1n) is 9.85. The molecule has 29 heavy (non-hydrogen) atoms. The number of benzene rings is 1. The first kappa shape index (κ1) is 19.7. The van der Waals surface area contributed by atoms with Crippen LogP contribution in [0.1, 0.15) is 44.8 Å². The van der Waals surface area contributed by atoms with E-state index in [9.17, 15) is 14.4 Å². The van der Waals surface area contributed by atoms with Gasteiger partial charge in [-0.05, 0) is 32.4 Å². The van der Waals surface area contributed by atoms with Gasteiger partial charge in [-0.2, -0.15) is 0 Å². The third-order valence-corrected chi connectivity index (χ3v) is 6.34. The third-order valence-electron chi connectivity index (χ3n) is 5.52. The second-order valence-electron chi connectivity index (χ2n) is 7.51. The highest BCUT2D eigenvalue weighted by Crippen LogP contribution is 2.25. The molecule has 1 fully saturated rings. The summed E-state index contributed by atoms with van der Waals surface area (Å²) < 4.78 is 0. The number of amides is 3. The molecule has 0 aliphatic carbocycles. The maximum absolute atomic E-state index is 13.1. The Morgan fingerprint density at radius 1 is 1.10 bits per heavy atom. The van der Waals surface area contributed by atoms with Crippen LogP contribution < -0.4 is 0 Å². The van der Waals surface area contributed by atoms with Crippen LogP contribution in [0.5, 0.6) is 0 Å². The lowest BCUT2D eigenvalue weighted by molar-refractivity contribution is -0.134. The SMILES string of the molecule is Cc1nc(CN2CCCN(C(=O)C(C)N3C(=O)c4ccccc4C3=O)CC2)cs1. The first-order valence-corrected chi connectivity index (χ1v) is 10.7. The molecule has 3 heterocycles. The summed E-state index contributed by atoms with van der Waals surface area (Å²) in [7, 11) is 0. The predicted molar refractivity (Wildman–Crippen MR) is 110 cm³/mol. The van der Waals surface area contributed by atoms with Crippen molar-refractivity contribution in [3.8, 4) is 0 Å². The molecule has 0 radical (unpaired) electrons. The topological polar surface area (TPSA) is 73.8 Å². The van der Waals surface area contributed by atoms with E-state index in [-0.39, 0.29) is 17.7 Å². The molecule has 8 heteroatoms. The molecule has 2 aromatic rings.